The van der Waals surface area contributed by atoms with Crippen LogP contribution in [-0.4, -0.2) is 5.78 Å². The van der Waals surface area contributed by atoms with E-state index in [1.54, 1.807) is 0 Å². The molecule has 22 heavy (non-hydrogen) atoms. The average Bonchev–Trinajstić information content (AvgIpc) is 2.44. The van der Waals surface area contributed by atoms with Crippen molar-refractivity contribution in [3.8, 4) is 5.75 Å². The molecule has 0 saturated carbocycles. The smallest absolute Gasteiger partial charge is 0.163 e. The van der Waals surface area contributed by atoms with Gasteiger partial charge in [0.2, 0.25) is 0 Å². The molecule has 0 fully saturated rings. The van der Waals surface area contributed by atoms with E-state index in [1.165, 1.54) is 0 Å². The molecule has 2 aromatic rings. The highest BCUT2D eigenvalue weighted by Crippen LogP contribution is 2.25. The summed E-state index contributed by atoms with van der Waals surface area (Å²) in [6, 6.07) is 15.8. The monoisotopic (exact) mass is 296 g/mol. The van der Waals surface area contributed by atoms with Crippen LogP contribution in [0, 0.1) is 12.3 Å². The van der Waals surface area contributed by atoms with Gasteiger partial charge < -0.3 is 4.74 Å². The topological polar surface area (TPSA) is 26.3 Å². The van der Waals surface area contributed by atoms with Gasteiger partial charge in [-0.15, -0.1) is 0 Å². The van der Waals surface area contributed by atoms with Gasteiger partial charge in [-0.1, -0.05) is 51.1 Å². The van der Waals surface area contributed by atoms with E-state index in [1.807, 2.05) is 55.5 Å². The van der Waals surface area contributed by atoms with Gasteiger partial charge in [0, 0.05) is 12.0 Å². The van der Waals surface area contributed by atoms with E-state index < -0.39 is 0 Å². The molecule has 0 aliphatic carbocycles. The molecular weight excluding hydrogens is 272 g/mol. The van der Waals surface area contributed by atoms with Crippen LogP contribution in [0.15, 0.2) is 48.5 Å². The fraction of sp³-hybridized carbons (Fsp3) is 0.350. The van der Waals surface area contributed by atoms with E-state index in [4.69, 9.17) is 4.74 Å². The van der Waals surface area contributed by atoms with E-state index >= 15 is 0 Å². The number of ketones is 1. The quantitative estimate of drug-likeness (QED) is 0.709. The fourth-order valence-corrected chi connectivity index (χ4v) is 2.36. The third-order valence-corrected chi connectivity index (χ3v) is 3.44. The fourth-order valence-electron chi connectivity index (χ4n) is 2.36. The Labute approximate surface area is 133 Å². The molecule has 0 aliphatic rings. The Morgan fingerprint density at radius 1 is 1.05 bits per heavy atom. The van der Waals surface area contributed by atoms with E-state index in [0.717, 1.165) is 22.4 Å². The first-order chi connectivity index (χ1) is 10.3. The lowest BCUT2D eigenvalue weighted by Crippen LogP contribution is -2.14. The number of hydrogen-bond donors (Lipinski definition) is 0. The summed E-state index contributed by atoms with van der Waals surface area (Å²) in [5, 5.41) is 0. The number of rotatable bonds is 5. The van der Waals surface area contributed by atoms with Crippen molar-refractivity contribution in [2.24, 2.45) is 5.41 Å². The molecule has 0 unspecified atom stereocenters. The van der Waals surface area contributed by atoms with Gasteiger partial charge in [0.05, 0.1) is 0 Å². The Hall–Kier alpha value is -2.09. The summed E-state index contributed by atoms with van der Waals surface area (Å²) < 4.78 is 5.80. The van der Waals surface area contributed by atoms with Crippen molar-refractivity contribution in [3.63, 3.8) is 0 Å². The maximum Gasteiger partial charge on any atom is 0.163 e. The van der Waals surface area contributed by atoms with Gasteiger partial charge in [-0.3, -0.25) is 4.79 Å². The van der Waals surface area contributed by atoms with Gasteiger partial charge in [-0.2, -0.15) is 0 Å². The predicted molar refractivity (Wildman–Crippen MR) is 90.4 cm³/mol. The molecule has 2 heteroatoms. The van der Waals surface area contributed by atoms with Crippen molar-refractivity contribution < 1.29 is 9.53 Å². The van der Waals surface area contributed by atoms with Crippen LogP contribution in [0.25, 0.3) is 0 Å². The van der Waals surface area contributed by atoms with Gasteiger partial charge >= 0.3 is 0 Å². The van der Waals surface area contributed by atoms with E-state index in [0.29, 0.717) is 13.0 Å². The molecular formula is C20H24O2. The standard InChI is InChI=1S/C20H24O2/c1-15-12-17(22-14-16-8-6-5-7-9-16)10-11-18(15)19(21)13-20(2,3)4/h5-12H,13-14H2,1-4H3. The van der Waals surface area contributed by atoms with Crippen molar-refractivity contribution in [2.75, 3.05) is 0 Å². The maximum absolute atomic E-state index is 12.3. The zero-order valence-electron chi connectivity index (χ0n) is 13.8. The van der Waals surface area contributed by atoms with Gasteiger partial charge in [-0.25, -0.2) is 0 Å². The lowest BCUT2D eigenvalue weighted by atomic mass is 9.87. The lowest BCUT2D eigenvalue weighted by Gasteiger charge is -2.18. The van der Waals surface area contributed by atoms with Crippen LogP contribution >= 0.6 is 0 Å². The Kier molecular flexibility index (Phi) is 5.02. The van der Waals surface area contributed by atoms with Crippen LogP contribution in [0.4, 0.5) is 0 Å². The molecule has 0 saturated heterocycles. The summed E-state index contributed by atoms with van der Waals surface area (Å²) in [6.07, 6.45) is 0.554. The molecule has 2 rings (SSSR count). The number of ether oxygens (including phenoxy) is 1. The molecule has 2 nitrogen and oxygen atoms in total. The molecule has 0 atom stereocenters. The molecule has 0 N–H and O–H groups in total. The second-order valence-corrected chi connectivity index (χ2v) is 6.91. The highest BCUT2D eigenvalue weighted by Gasteiger charge is 2.18. The average molecular weight is 296 g/mol. The molecule has 0 spiro atoms. The zero-order chi connectivity index (χ0) is 16.2. The lowest BCUT2D eigenvalue weighted by molar-refractivity contribution is 0.0939. The Balaban J connectivity index is 2.05. The summed E-state index contributed by atoms with van der Waals surface area (Å²) in [5.41, 5.74) is 2.90. The minimum Gasteiger partial charge on any atom is -0.489 e. The van der Waals surface area contributed by atoms with Crippen LogP contribution in [0.1, 0.15) is 48.7 Å². The third kappa shape index (κ3) is 4.73. The number of Topliss-reactive ketones (excluding diaryl/α,β-unsaturated/α-hetero) is 1. The Bertz CT molecular complexity index is 637. The van der Waals surface area contributed by atoms with E-state index in [-0.39, 0.29) is 11.2 Å². The molecule has 0 aliphatic heterocycles. The Morgan fingerprint density at radius 3 is 2.32 bits per heavy atom. The minimum absolute atomic E-state index is 0.00596. The number of aryl methyl sites for hydroxylation is 1. The Morgan fingerprint density at radius 2 is 1.73 bits per heavy atom. The SMILES string of the molecule is Cc1cc(OCc2ccccc2)ccc1C(=O)CC(C)(C)C. The van der Waals surface area contributed by atoms with E-state index in [2.05, 4.69) is 20.8 Å². The summed E-state index contributed by atoms with van der Waals surface area (Å²) in [4.78, 5) is 12.3. The largest absolute Gasteiger partial charge is 0.489 e. The van der Waals surface area contributed by atoms with Crippen LogP contribution in [0.3, 0.4) is 0 Å². The highest BCUT2D eigenvalue weighted by atomic mass is 16.5. The number of benzene rings is 2. The maximum atomic E-state index is 12.3. The third-order valence-electron chi connectivity index (χ3n) is 3.44. The van der Waals surface area contributed by atoms with Crippen molar-refractivity contribution >= 4 is 5.78 Å². The van der Waals surface area contributed by atoms with Crippen LogP contribution in [0.5, 0.6) is 5.75 Å². The van der Waals surface area contributed by atoms with Crippen molar-refractivity contribution in [3.05, 3.63) is 65.2 Å². The van der Waals surface area contributed by atoms with Crippen LogP contribution in [0.2, 0.25) is 0 Å². The highest BCUT2D eigenvalue weighted by molar-refractivity contribution is 5.97. The van der Waals surface area contributed by atoms with Crippen molar-refractivity contribution in [2.45, 2.75) is 40.7 Å². The summed E-state index contributed by atoms with van der Waals surface area (Å²) in [6.45, 7) is 8.74. The van der Waals surface area contributed by atoms with Crippen molar-refractivity contribution in [1.82, 2.24) is 0 Å². The van der Waals surface area contributed by atoms with Crippen LogP contribution in [-0.2, 0) is 6.61 Å². The van der Waals surface area contributed by atoms with Gasteiger partial charge in [0.1, 0.15) is 12.4 Å². The molecule has 2 aromatic carbocycles. The first kappa shape index (κ1) is 16.3. The second kappa shape index (κ2) is 6.78. The number of hydrogen-bond acceptors (Lipinski definition) is 2. The summed E-state index contributed by atoms with van der Waals surface area (Å²) in [5.74, 6) is 0.994. The first-order valence-electron chi connectivity index (χ1n) is 7.66. The number of carbonyl (C=O) groups excluding carboxylic acids is 1. The number of carbonyl (C=O) groups is 1. The second-order valence-electron chi connectivity index (χ2n) is 6.91. The minimum atomic E-state index is 0.00596. The normalized spacial score (nSPS) is 11.3. The first-order valence-corrected chi connectivity index (χ1v) is 7.66. The van der Waals surface area contributed by atoms with Gasteiger partial charge in [0.25, 0.3) is 0 Å². The molecule has 0 bridgehead atoms. The van der Waals surface area contributed by atoms with Gasteiger partial charge in [-0.05, 0) is 41.7 Å². The van der Waals surface area contributed by atoms with Gasteiger partial charge in [0.15, 0.2) is 5.78 Å². The molecule has 0 amide bonds. The van der Waals surface area contributed by atoms with Crippen molar-refractivity contribution in [1.29, 1.82) is 0 Å². The van der Waals surface area contributed by atoms with E-state index in [9.17, 15) is 4.79 Å². The molecule has 0 radical (unpaired) electrons. The summed E-state index contributed by atoms with van der Waals surface area (Å²) in [7, 11) is 0. The zero-order valence-corrected chi connectivity index (χ0v) is 13.8. The molecule has 0 aromatic heterocycles. The van der Waals surface area contributed by atoms with Crippen LogP contribution < -0.4 is 4.74 Å². The molecule has 0 heterocycles. The molecule has 116 valence electrons. The summed E-state index contributed by atoms with van der Waals surface area (Å²) >= 11 is 0. The predicted octanol–water partition coefficient (Wildman–Crippen LogP) is 5.19.